The molecular formula is C63H40. The van der Waals surface area contributed by atoms with Crippen LogP contribution in [0.4, 0.5) is 0 Å². The van der Waals surface area contributed by atoms with Gasteiger partial charge in [-0.15, -0.1) is 0 Å². The summed E-state index contributed by atoms with van der Waals surface area (Å²) in [7, 11) is 0. The summed E-state index contributed by atoms with van der Waals surface area (Å²) in [6.07, 6.45) is 0. The number of benzene rings is 13. The van der Waals surface area contributed by atoms with Crippen LogP contribution in [0.3, 0.4) is 0 Å². The van der Waals surface area contributed by atoms with E-state index in [9.17, 15) is 0 Å². The molecule has 63 heavy (non-hydrogen) atoms. The van der Waals surface area contributed by atoms with Crippen LogP contribution in [0, 0.1) is 0 Å². The van der Waals surface area contributed by atoms with Crippen molar-refractivity contribution in [3.8, 4) is 55.6 Å². The Morgan fingerprint density at radius 2 is 0.651 bits per heavy atom. The third-order valence-electron chi connectivity index (χ3n) is 14.7. The maximum Gasteiger partial charge on any atom is 0.0159 e. The van der Waals surface area contributed by atoms with Crippen LogP contribution in [0.2, 0.25) is 0 Å². The molecule has 0 saturated heterocycles. The van der Waals surface area contributed by atoms with Crippen molar-refractivity contribution in [1.29, 1.82) is 0 Å². The third-order valence-corrected chi connectivity index (χ3v) is 14.7. The van der Waals surface area contributed by atoms with Crippen LogP contribution < -0.4 is 0 Å². The first kappa shape index (κ1) is 34.9. The van der Waals surface area contributed by atoms with Gasteiger partial charge in [-0.2, -0.15) is 0 Å². The van der Waals surface area contributed by atoms with Crippen molar-refractivity contribution in [2.45, 2.75) is 19.3 Å². The van der Waals surface area contributed by atoms with E-state index in [1.54, 1.807) is 0 Å². The van der Waals surface area contributed by atoms with E-state index in [1.165, 1.54) is 142 Å². The molecule has 0 heterocycles. The lowest BCUT2D eigenvalue weighted by Gasteiger charge is -2.23. The van der Waals surface area contributed by atoms with E-state index in [0.29, 0.717) is 0 Å². The molecule has 13 aromatic rings. The summed E-state index contributed by atoms with van der Waals surface area (Å²) < 4.78 is 0. The first-order valence-electron chi connectivity index (χ1n) is 22.2. The summed E-state index contributed by atoms with van der Waals surface area (Å²) in [4.78, 5) is 0. The largest absolute Gasteiger partial charge is 0.0619 e. The monoisotopic (exact) mass is 796 g/mol. The van der Waals surface area contributed by atoms with Crippen molar-refractivity contribution in [3.05, 3.63) is 217 Å². The molecular weight excluding hydrogens is 757 g/mol. The molecule has 14 rings (SSSR count). The Balaban J connectivity index is 1.05. The van der Waals surface area contributed by atoms with Crippen LogP contribution >= 0.6 is 0 Å². The molecule has 1 aliphatic carbocycles. The quantitative estimate of drug-likeness (QED) is 0.156. The molecule has 0 aromatic heterocycles. The lowest BCUT2D eigenvalue weighted by atomic mass is 9.80. The minimum Gasteiger partial charge on any atom is -0.0619 e. The number of hydrogen-bond acceptors (Lipinski definition) is 0. The molecule has 0 atom stereocenters. The summed E-state index contributed by atoms with van der Waals surface area (Å²) in [6, 6.07) is 78.4. The van der Waals surface area contributed by atoms with Crippen LogP contribution in [0.5, 0.6) is 0 Å². The van der Waals surface area contributed by atoms with Gasteiger partial charge in [0.15, 0.2) is 0 Å². The molecule has 13 aromatic carbocycles. The molecule has 0 fully saturated rings. The minimum absolute atomic E-state index is 0.118. The molecule has 0 N–H and O–H groups in total. The van der Waals surface area contributed by atoms with Crippen LogP contribution in [0.15, 0.2) is 206 Å². The van der Waals surface area contributed by atoms with Crippen LogP contribution in [-0.2, 0) is 5.41 Å². The van der Waals surface area contributed by atoms with Crippen molar-refractivity contribution in [2.75, 3.05) is 0 Å². The van der Waals surface area contributed by atoms with E-state index in [2.05, 4.69) is 220 Å². The van der Waals surface area contributed by atoms with E-state index in [1.807, 2.05) is 0 Å². The van der Waals surface area contributed by atoms with Gasteiger partial charge < -0.3 is 0 Å². The normalized spacial score (nSPS) is 13.4. The second-order valence-electron chi connectivity index (χ2n) is 18.4. The predicted octanol–water partition coefficient (Wildman–Crippen LogP) is 17.6. The average molecular weight is 797 g/mol. The van der Waals surface area contributed by atoms with Crippen LogP contribution in [-0.4, -0.2) is 0 Å². The molecule has 0 unspecified atom stereocenters. The fourth-order valence-electron chi connectivity index (χ4n) is 11.7. The van der Waals surface area contributed by atoms with Crippen LogP contribution in [0.1, 0.15) is 25.0 Å². The Morgan fingerprint density at radius 3 is 1.27 bits per heavy atom. The second-order valence-corrected chi connectivity index (χ2v) is 18.4. The summed E-state index contributed by atoms with van der Waals surface area (Å²) >= 11 is 0. The van der Waals surface area contributed by atoms with E-state index in [0.717, 1.165) is 0 Å². The zero-order valence-corrected chi connectivity index (χ0v) is 35.1. The Morgan fingerprint density at radius 1 is 0.238 bits per heavy atom. The highest BCUT2D eigenvalue weighted by molar-refractivity contribution is 6.27. The molecule has 0 bridgehead atoms. The van der Waals surface area contributed by atoms with Crippen molar-refractivity contribution in [1.82, 2.24) is 0 Å². The summed E-state index contributed by atoms with van der Waals surface area (Å²) in [5.41, 5.74) is 15.3. The maximum absolute atomic E-state index is 2.50. The molecule has 1 aliphatic rings. The molecule has 0 heteroatoms. The Kier molecular flexibility index (Phi) is 6.99. The van der Waals surface area contributed by atoms with Crippen LogP contribution in [0.25, 0.3) is 131 Å². The minimum atomic E-state index is -0.118. The van der Waals surface area contributed by atoms with Gasteiger partial charge in [-0.25, -0.2) is 0 Å². The Hall–Kier alpha value is -7.80. The summed E-state index contributed by atoms with van der Waals surface area (Å²) in [5.74, 6) is 0. The molecule has 0 nitrogen and oxygen atoms in total. The highest BCUT2D eigenvalue weighted by atomic mass is 14.4. The Bertz CT molecular complexity index is 4020. The van der Waals surface area contributed by atoms with Gasteiger partial charge in [0.05, 0.1) is 0 Å². The van der Waals surface area contributed by atoms with Gasteiger partial charge in [-0.3, -0.25) is 0 Å². The van der Waals surface area contributed by atoms with E-state index < -0.39 is 0 Å². The first-order valence-corrected chi connectivity index (χ1v) is 22.2. The molecule has 0 spiro atoms. The van der Waals surface area contributed by atoms with Crippen molar-refractivity contribution >= 4 is 75.4 Å². The van der Waals surface area contributed by atoms with Gasteiger partial charge in [0.25, 0.3) is 0 Å². The zero-order chi connectivity index (χ0) is 41.6. The van der Waals surface area contributed by atoms with Crippen molar-refractivity contribution in [3.63, 3.8) is 0 Å². The molecule has 0 saturated carbocycles. The lowest BCUT2D eigenvalue weighted by Crippen LogP contribution is -2.14. The fraction of sp³-hybridized carbons (Fsp3) is 0.0476. The SMILES string of the molecule is CC1(C)c2ccccc2-c2ccc(-c3cc(-c4cc5ccccc5cc4-c4ccc5ccc6cccc7ccc4c5c67)ccc3-c3ccc4ccc5cccc6ccc3c4c56)cc21. The maximum atomic E-state index is 2.50. The van der Waals surface area contributed by atoms with Gasteiger partial charge in [-0.1, -0.05) is 196 Å². The highest BCUT2D eigenvalue weighted by Crippen LogP contribution is 2.52. The Labute approximate surface area is 366 Å². The average Bonchev–Trinajstić information content (AvgIpc) is 3.57. The summed E-state index contributed by atoms with van der Waals surface area (Å²) in [6.45, 7) is 4.77. The van der Waals surface area contributed by atoms with Crippen molar-refractivity contribution < 1.29 is 0 Å². The first-order chi connectivity index (χ1) is 31.0. The number of rotatable bonds is 4. The predicted molar refractivity (Wildman–Crippen MR) is 271 cm³/mol. The topological polar surface area (TPSA) is 0 Å². The van der Waals surface area contributed by atoms with Gasteiger partial charge >= 0.3 is 0 Å². The molecule has 0 amide bonds. The van der Waals surface area contributed by atoms with Gasteiger partial charge in [0.2, 0.25) is 0 Å². The van der Waals surface area contributed by atoms with E-state index in [-0.39, 0.29) is 5.41 Å². The molecule has 292 valence electrons. The smallest absolute Gasteiger partial charge is 0.0159 e. The van der Waals surface area contributed by atoms with Gasteiger partial charge in [0.1, 0.15) is 0 Å². The van der Waals surface area contributed by atoms with E-state index >= 15 is 0 Å². The van der Waals surface area contributed by atoms with Gasteiger partial charge in [-0.05, 0) is 166 Å². The molecule has 0 radical (unpaired) electrons. The summed E-state index contributed by atoms with van der Waals surface area (Å²) in [5, 5.41) is 18.1. The van der Waals surface area contributed by atoms with E-state index in [4.69, 9.17) is 0 Å². The van der Waals surface area contributed by atoms with Gasteiger partial charge in [0, 0.05) is 5.41 Å². The van der Waals surface area contributed by atoms with Crippen molar-refractivity contribution in [2.24, 2.45) is 0 Å². The second kappa shape index (κ2) is 12.6. The lowest BCUT2D eigenvalue weighted by molar-refractivity contribution is 0.660. The fourth-order valence-corrected chi connectivity index (χ4v) is 11.7. The highest BCUT2D eigenvalue weighted by Gasteiger charge is 2.35. The third kappa shape index (κ3) is 4.87. The number of hydrogen-bond donors (Lipinski definition) is 0. The zero-order valence-electron chi connectivity index (χ0n) is 35.1. The standard InChI is InChI=1S/C63H40/c1-63(2)57-16-6-5-15-50(57)51-30-26-46(36-58(51)63)54-35-45(25-29-48(54)47-27-21-41-19-17-37-11-7-13-39-23-31-52(47)61(41)59(37)39)55-33-43-9-3-4-10-44(43)34-56(55)49-28-22-42-20-18-38-12-8-14-40-24-32-53(49)62(42)60(38)40/h3-36H,1-2H3. The molecule has 0 aliphatic heterocycles. The number of fused-ring (bicyclic) bond motifs is 4.